The lowest BCUT2D eigenvalue weighted by Crippen LogP contribution is -2.39. The molecule has 0 radical (unpaired) electrons. The Morgan fingerprint density at radius 1 is 1.42 bits per heavy atom. The van der Waals surface area contributed by atoms with Crippen LogP contribution in [-0.2, 0) is 14.3 Å². The van der Waals surface area contributed by atoms with E-state index in [1.54, 1.807) is 31.2 Å². The Morgan fingerprint density at radius 2 is 2.15 bits per heavy atom. The summed E-state index contributed by atoms with van der Waals surface area (Å²) in [5, 5.41) is 10.9. The second kappa shape index (κ2) is 8.52. The molecule has 0 atom stereocenters. The largest absolute Gasteiger partial charge is 0.480 e. The number of benzene rings is 1. The van der Waals surface area contributed by atoms with Crippen molar-refractivity contribution < 1.29 is 32.6 Å². The van der Waals surface area contributed by atoms with Gasteiger partial charge < -0.3 is 19.6 Å². The molecule has 0 fully saturated rings. The molecule has 0 unspecified atom stereocenters. The van der Waals surface area contributed by atoms with Crippen LogP contribution < -0.4 is 5.32 Å². The highest BCUT2D eigenvalue weighted by Gasteiger charge is 2.36. The molecule has 2 aromatic rings. The highest BCUT2D eigenvalue weighted by atomic mass is 19.3. The number of nitrogens with zero attached hydrogens (tertiary/aromatic N) is 1. The predicted molar refractivity (Wildman–Crippen MR) is 89.9 cm³/mol. The first-order chi connectivity index (χ1) is 12.3. The third kappa shape index (κ3) is 4.85. The molecule has 1 aromatic carbocycles. The zero-order valence-electron chi connectivity index (χ0n) is 14.0. The number of carboxylic acids is 1. The number of furan rings is 1. The Kier molecular flexibility index (Phi) is 6.40. The fourth-order valence-corrected chi connectivity index (χ4v) is 2.35. The molecule has 1 heterocycles. The van der Waals surface area contributed by atoms with Gasteiger partial charge in [-0.25, -0.2) is 9.79 Å². The number of halogens is 2. The van der Waals surface area contributed by atoms with Crippen molar-refractivity contribution in [3.8, 4) is 0 Å². The molecule has 2 N–H and O–H groups in total. The van der Waals surface area contributed by atoms with E-state index >= 15 is 0 Å². The number of aliphatic imine (C=N–C) groups is 1. The number of carbonyl (C=O) groups is 2. The minimum Gasteiger partial charge on any atom is -0.480 e. The van der Waals surface area contributed by atoms with Gasteiger partial charge in [-0.2, -0.15) is 8.78 Å². The molecule has 0 spiro atoms. The van der Waals surface area contributed by atoms with Crippen LogP contribution in [0.2, 0.25) is 0 Å². The number of amidine groups is 1. The van der Waals surface area contributed by atoms with Crippen LogP contribution in [0, 0.1) is 6.92 Å². The van der Waals surface area contributed by atoms with Crippen LogP contribution in [0.1, 0.15) is 18.6 Å². The normalized spacial score (nSPS) is 12.3. The van der Waals surface area contributed by atoms with E-state index in [1.165, 1.54) is 0 Å². The number of amides is 1. The number of ether oxygens (including phenoxy) is 1. The summed E-state index contributed by atoms with van der Waals surface area (Å²) in [7, 11) is 0. The summed E-state index contributed by atoms with van der Waals surface area (Å²) >= 11 is 0. The molecule has 1 aromatic heterocycles. The summed E-state index contributed by atoms with van der Waals surface area (Å²) in [4.78, 5) is 25.0. The maximum absolute atomic E-state index is 14.4. The first kappa shape index (κ1) is 19.5. The van der Waals surface area contributed by atoms with Crippen molar-refractivity contribution in [2.75, 3.05) is 13.2 Å². The Hall–Kier alpha value is -2.81. The van der Waals surface area contributed by atoms with Gasteiger partial charge in [-0.05, 0) is 25.5 Å². The number of fused-ring (bicyclic) bond motifs is 1. The second-order valence-corrected chi connectivity index (χ2v) is 5.48. The maximum Gasteiger partial charge on any atom is 0.329 e. The Labute approximate surface area is 147 Å². The smallest absolute Gasteiger partial charge is 0.329 e. The molecule has 7 nitrogen and oxygen atoms in total. The number of para-hydroxylation sites is 1. The molecule has 0 bridgehead atoms. The van der Waals surface area contributed by atoms with E-state index in [0.717, 1.165) is 0 Å². The zero-order chi connectivity index (χ0) is 19.2. The maximum atomic E-state index is 14.4. The van der Waals surface area contributed by atoms with E-state index in [4.69, 9.17) is 14.3 Å². The molecule has 0 saturated carbocycles. The summed E-state index contributed by atoms with van der Waals surface area (Å²) < 4.78 is 39.1. The van der Waals surface area contributed by atoms with Gasteiger partial charge in [-0.1, -0.05) is 12.1 Å². The SMILES string of the molecule is Cc1oc2ccccc2c1N=C(NC=O)C(F)(F)CCCOCC(=O)O. The fourth-order valence-electron chi connectivity index (χ4n) is 2.35. The number of aryl methyl sites for hydroxylation is 1. The average molecular weight is 368 g/mol. The van der Waals surface area contributed by atoms with Crippen LogP contribution in [0.3, 0.4) is 0 Å². The molecule has 140 valence electrons. The summed E-state index contributed by atoms with van der Waals surface area (Å²) in [6.07, 6.45) is -0.642. The second-order valence-electron chi connectivity index (χ2n) is 5.48. The van der Waals surface area contributed by atoms with Crippen molar-refractivity contribution in [2.24, 2.45) is 4.99 Å². The van der Waals surface area contributed by atoms with Crippen molar-refractivity contribution in [1.82, 2.24) is 5.32 Å². The van der Waals surface area contributed by atoms with Crippen molar-refractivity contribution in [3.05, 3.63) is 30.0 Å². The van der Waals surface area contributed by atoms with Gasteiger partial charge in [-0.15, -0.1) is 0 Å². The number of alkyl halides is 2. The van der Waals surface area contributed by atoms with Crippen LogP contribution >= 0.6 is 0 Å². The standard InChI is InChI=1S/C17H18F2N2O5/c1-11-15(12-5-2-3-6-13(12)26-11)21-16(20-10-22)17(18,19)7-4-8-25-9-14(23)24/h2-3,5-6,10H,4,7-9H2,1H3,(H,23,24)(H,20,21,22). The van der Waals surface area contributed by atoms with E-state index in [-0.39, 0.29) is 25.1 Å². The molecule has 0 aliphatic heterocycles. The predicted octanol–water partition coefficient (Wildman–Crippen LogP) is 3.03. The topological polar surface area (TPSA) is 101 Å². The molecule has 0 saturated heterocycles. The minimum absolute atomic E-state index is 0.106. The van der Waals surface area contributed by atoms with E-state index in [1.807, 2.05) is 5.32 Å². The summed E-state index contributed by atoms with van der Waals surface area (Å²) in [5.74, 6) is -5.07. The van der Waals surface area contributed by atoms with Gasteiger partial charge in [0, 0.05) is 18.4 Å². The Bertz CT molecular complexity index is 817. The minimum atomic E-state index is -3.43. The lowest BCUT2D eigenvalue weighted by Gasteiger charge is -2.18. The Morgan fingerprint density at radius 3 is 2.85 bits per heavy atom. The highest BCUT2D eigenvalue weighted by molar-refractivity contribution is 6.01. The molecule has 1 amide bonds. The Balaban J connectivity index is 2.20. The first-order valence-corrected chi connectivity index (χ1v) is 7.80. The number of carbonyl (C=O) groups excluding carboxylic acids is 1. The van der Waals surface area contributed by atoms with E-state index in [2.05, 4.69) is 4.99 Å². The molecule has 0 aliphatic rings. The van der Waals surface area contributed by atoms with Crippen LogP contribution in [0.25, 0.3) is 11.0 Å². The number of hydrogen-bond acceptors (Lipinski definition) is 5. The summed E-state index contributed by atoms with van der Waals surface area (Å²) in [5.41, 5.74) is 0.714. The first-order valence-electron chi connectivity index (χ1n) is 7.80. The monoisotopic (exact) mass is 368 g/mol. The van der Waals surface area contributed by atoms with Crippen LogP contribution in [0.5, 0.6) is 0 Å². The lowest BCUT2D eigenvalue weighted by atomic mass is 10.1. The lowest BCUT2D eigenvalue weighted by molar-refractivity contribution is -0.142. The quantitative estimate of drug-likeness (QED) is 0.307. The van der Waals surface area contributed by atoms with Crippen molar-refractivity contribution >= 4 is 34.9 Å². The average Bonchev–Trinajstić information content (AvgIpc) is 2.89. The third-order valence-electron chi connectivity index (χ3n) is 3.51. The van der Waals surface area contributed by atoms with E-state index in [9.17, 15) is 18.4 Å². The number of aliphatic carboxylic acids is 1. The van der Waals surface area contributed by atoms with Crippen LogP contribution in [0.15, 0.2) is 33.7 Å². The highest BCUT2D eigenvalue weighted by Crippen LogP contribution is 2.34. The molecular formula is C17H18F2N2O5. The van der Waals surface area contributed by atoms with E-state index in [0.29, 0.717) is 16.7 Å². The number of hydrogen-bond donors (Lipinski definition) is 2. The van der Waals surface area contributed by atoms with Gasteiger partial charge in [0.05, 0.1) is 0 Å². The van der Waals surface area contributed by atoms with Gasteiger partial charge >= 0.3 is 11.9 Å². The van der Waals surface area contributed by atoms with Gasteiger partial charge in [0.2, 0.25) is 6.41 Å². The molecule has 9 heteroatoms. The molecule has 2 rings (SSSR count). The number of rotatable bonds is 9. The number of carboxylic acid groups (broad SMARTS) is 1. The molecule has 26 heavy (non-hydrogen) atoms. The van der Waals surface area contributed by atoms with Gasteiger partial charge in [0.25, 0.3) is 0 Å². The van der Waals surface area contributed by atoms with Crippen LogP contribution in [-0.4, -0.2) is 42.5 Å². The summed E-state index contributed by atoms with van der Waals surface area (Å²) in [6, 6.07) is 6.84. The van der Waals surface area contributed by atoms with Gasteiger partial charge in [0.15, 0.2) is 5.84 Å². The van der Waals surface area contributed by atoms with Crippen molar-refractivity contribution in [1.29, 1.82) is 0 Å². The zero-order valence-corrected chi connectivity index (χ0v) is 14.0. The van der Waals surface area contributed by atoms with Gasteiger partial charge in [0.1, 0.15) is 23.6 Å². The van der Waals surface area contributed by atoms with Gasteiger partial charge in [-0.3, -0.25) is 4.79 Å². The van der Waals surface area contributed by atoms with Crippen LogP contribution in [0.4, 0.5) is 14.5 Å². The van der Waals surface area contributed by atoms with Crippen molar-refractivity contribution in [3.63, 3.8) is 0 Å². The summed E-state index contributed by atoms with van der Waals surface area (Å²) in [6.45, 7) is 0.887. The third-order valence-corrected chi connectivity index (χ3v) is 3.51. The fraction of sp³-hybridized carbons (Fsp3) is 0.353. The van der Waals surface area contributed by atoms with E-state index < -0.39 is 30.8 Å². The molecule has 0 aliphatic carbocycles. The number of nitrogens with one attached hydrogen (secondary N) is 1. The molecular weight excluding hydrogens is 350 g/mol. The van der Waals surface area contributed by atoms with Crippen molar-refractivity contribution in [2.45, 2.75) is 25.7 Å².